The molecule has 0 saturated heterocycles. The van der Waals surface area contributed by atoms with Gasteiger partial charge in [0.05, 0.1) is 0 Å². The predicted molar refractivity (Wildman–Crippen MR) is 78.0 cm³/mol. The van der Waals surface area contributed by atoms with Gasteiger partial charge in [-0.25, -0.2) is 0 Å². The van der Waals surface area contributed by atoms with Crippen LogP contribution in [0.15, 0.2) is 0 Å². The van der Waals surface area contributed by atoms with E-state index in [2.05, 4.69) is 26.2 Å². The number of rotatable bonds is 4. The maximum atomic E-state index is 5.94. The van der Waals surface area contributed by atoms with Crippen molar-refractivity contribution in [2.24, 2.45) is 29.0 Å². The summed E-state index contributed by atoms with van der Waals surface area (Å²) in [5, 5.41) is 0. The average Bonchev–Trinajstić information content (AvgIpc) is 2.71. The number of hydrogen-bond acceptors (Lipinski definition) is 2. The van der Waals surface area contributed by atoms with Crippen LogP contribution >= 0.6 is 0 Å². The summed E-state index contributed by atoms with van der Waals surface area (Å²) in [6, 6.07) is 0.553. The Balaban J connectivity index is 2.03. The summed E-state index contributed by atoms with van der Waals surface area (Å²) in [6.45, 7) is 7.22. The van der Waals surface area contributed by atoms with Crippen LogP contribution in [0.2, 0.25) is 0 Å². The molecule has 18 heavy (non-hydrogen) atoms. The van der Waals surface area contributed by atoms with Crippen LogP contribution in [0.1, 0.15) is 72.1 Å². The lowest BCUT2D eigenvalue weighted by molar-refractivity contribution is 0.113. The quantitative estimate of drug-likeness (QED) is 0.589. The van der Waals surface area contributed by atoms with Gasteiger partial charge in [0, 0.05) is 6.04 Å². The van der Waals surface area contributed by atoms with Crippen LogP contribution in [0.4, 0.5) is 0 Å². The second kappa shape index (κ2) is 5.92. The van der Waals surface area contributed by atoms with E-state index in [-0.39, 0.29) is 0 Å². The molecule has 106 valence electrons. The van der Waals surface area contributed by atoms with Crippen molar-refractivity contribution >= 4 is 0 Å². The average molecular weight is 252 g/mol. The molecule has 3 N–H and O–H groups in total. The maximum absolute atomic E-state index is 5.94. The number of hydrogen-bond donors (Lipinski definition) is 2. The number of hydrazine groups is 1. The van der Waals surface area contributed by atoms with Crippen LogP contribution in [-0.2, 0) is 0 Å². The molecule has 2 aliphatic carbocycles. The molecule has 0 aromatic carbocycles. The summed E-state index contributed by atoms with van der Waals surface area (Å²) < 4.78 is 0. The molecule has 0 heterocycles. The third-order valence-corrected chi connectivity index (χ3v) is 5.87. The fourth-order valence-electron chi connectivity index (χ4n) is 4.63. The van der Waals surface area contributed by atoms with E-state index in [0.29, 0.717) is 11.5 Å². The Morgan fingerprint density at radius 3 is 2.56 bits per heavy atom. The molecule has 2 fully saturated rings. The normalized spacial score (nSPS) is 37.7. The molecule has 2 rings (SSSR count). The molecule has 0 aromatic heterocycles. The van der Waals surface area contributed by atoms with Crippen molar-refractivity contribution in [3.8, 4) is 0 Å². The van der Waals surface area contributed by atoms with Crippen LogP contribution in [-0.4, -0.2) is 6.04 Å². The van der Waals surface area contributed by atoms with Crippen LogP contribution in [0.5, 0.6) is 0 Å². The van der Waals surface area contributed by atoms with E-state index in [0.717, 1.165) is 17.8 Å². The number of nitrogens with two attached hydrogens (primary N) is 1. The van der Waals surface area contributed by atoms with E-state index in [1.165, 1.54) is 51.4 Å². The zero-order chi connectivity index (χ0) is 13.2. The van der Waals surface area contributed by atoms with E-state index in [4.69, 9.17) is 5.84 Å². The van der Waals surface area contributed by atoms with Gasteiger partial charge in [-0.3, -0.25) is 11.3 Å². The summed E-state index contributed by atoms with van der Waals surface area (Å²) >= 11 is 0. The van der Waals surface area contributed by atoms with Gasteiger partial charge in [-0.05, 0) is 48.9 Å². The highest BCUT2D eigenvalue weighted by Crippen LogP contribution is 2.47. The van der Waals surface area contributed by atoms with Crippen molar-refractivity contribution < 1.29 is 0 Å². The molecular formula is C16H32N2. The monoisotopic (exact) mass is 252 g/mol. The van der Waals surface area contributed by atoms with Gasteiger partial charge in [-0.1, -0.05) is 46.5 Å². The minimum Gasteiger partial charge on any atom is -0.271 e. The Morgan fingerprint density at radius 1 is 1.22 bits per heavy atom. The summed E-state index contributed by atoms with van der Waals surface area (Å²) in [7, 11) is 0. The highest BCUT2D eigenvalue weighted by Gasteiger charge is 2.42. The second-order valence-electron chi connectivity index (χ2n) is 7.38. The van der Waals surface area contributed by atoms with Gasteiger partial charge in [-0.2, -0.15) is 0 Å². The summed E-state index contributed by atoms with van der Waals surface area (Å²) in [5.74, 6) is 8.49. The Kier molecular flexibility index (Phi) is 4.71. The van der Waals surface area contributed by atoms with Crippen molar-refractivity contribution in [2.45, 2.75) is 78.2 Å². The molecular weight excluding hydrogens is 220 g/mol. The molecule has 0 aliphatic heterocycles. The van der Waals surface area contributed by atoms with Gasteiger partial charge < -0.3 is 0 Å². The standard InChI is InChI=1S/C16H32N2/c1-4-12-7-5-8-13(11-12)15(18-17)14-9-6-10-16(14,2)3/h12-15,18H,4-11,17H2,1-3H3. The van der Waals surface area contributed by atoms with E-state index in [1.54, 1.807) is 0 Å². The largest absolute Gasteiger partial charge is 0.271 e. The van der Waals surface area contributed by atoms with Gasteiger partial charge in [0.25, 0.3) is 0 Å². The molecule has 4 unspecified atom stereocenters. The zero-order valence-electron chi connectivity index (χ0n) is 12.5. The van der Waals surface area contributed by atoms with Crippen molar-refractivity contribution in [1.29, 1.82) is 0 Å². The van der Waals surface area contributed by atoms with Crippen molar-refractivity contribution in [3.05, 3.63) is 0 Å². The summed E-state index contributed by atoms with van der Waals surface area (Å²) in [4.78, 5) is 0. The van der Waals surface area contributed by atoms with Gasteiger partial charge in [0.2, 0.25) is 0 Å². The molecule has 0 amide bonds. The van der Waals surface area contributed by atoms with Gasteiger partial charge >= 0.3 is 0 Å². The molecule has 4 atom stereocenters. The van der Waals surface area contributed by atoms with Gasteiger partial charge in [0.1, 0.15) is 0 Å². The first-order valence-electron chi connectivity index (χ1n) is 8.04. The Labute approximate surface area is 113 Å². The molecule has 2 saturated carbocycles. The first-order valence-corrected chi connectivity index (χ1v) is 8.04. The predicted octanol–water partition coefficient (Wildman–Crippen LogP) is 3.86. The van der Waals surface area contributed by atoms with E-state index < -0.39 is 0 Å². The Bertz CT molecular complexity index is 262. The van der Waals surface area contributed by atoms with Crippen LogP contribution < -0.4 is 11.3 Å². The van der Waals surface area contributed by atoms with Crippen molar-refractivity contribution in [2.75, 3.05) is 0 Å². The zero-order valence-corrected chi connectivity index (χ0v) is 12.5. The topological polar surface area (TPSA) is 38.0 Å². The molecule has 0 radical (unpaired) electrons. The highest BCUT2D eigenvalue weighted by atomic mass is 15.2. The molecule has 0 bridgehead atoms. The van der Waals surface area contributed by atoms with Crippen molar-refractivity contribution in [3.63, 3.8) is 0 Å². The summed E-state index contributed by atoms with van der Waals surface area (Å²) in [5.41, 5.74) is 3.70. The molecule has 2 nitrogen and oxygen atoms in total. The lowest BCUT2D eigenvalue weighted by atomic mass is 9.68. The Hall–Kier alpha value is -0.0800. The lowest BCUT2D eigenvalue weighted by Crippen LogP contribution is -2.50. The fourth-order valence-corrected chi connectivity index (χ4v) is 4.63. The first-order chi connectivity index (χ1) is 8.58. The lowest BCUT2D eigenvalue weighted by Gasteiger charge is -2.41. The highest BCUT2D eigenvalue weighted by molar-refractivity contribution is 4.95. The third-order valence-electron chi connectivity index (χ3n) is 5.87. The van der Waals surface area contributed by atoms with E-state index >= 15 is 0 Å². The first kappa shape index (κ1) is 14.3. The van der Waals surface area contributed by atoms with Gasteiger partial charge in [-0.15, -0.1) is 0 Å². The molecule has 0 spiro atoms. The smallest absolute Gasteiger partial charge is 0.0272 e. The fraction of sp³-hybridized carbons (Fsp3) is 1.00. The SMILES string of the molecule is CCC1CCCC(C(NN)C2CCCC2(C)C)C1. The molecule has 2 aliphatic rings. The second-order valence-corrected chi connectivity index (χ2v) is 7.38. The van der Waals surface area contributed by atoms with Gasteiger partial charge in [0.15, 0.2) is 0 Å². The minimum absolute atomic E-state index is 0.482. The van der Waals surface area contributed by atoms with E-state index in [1.807, 2.05) is 0 Å². The minimum atomic E-state index is 0.482. The third kappa shape index (κ3) is 2.91. The van der Waals surface area contributed by atoms with Crippen molar-refractivity contribution in [1.82, 2.24) is 5.43 Å². The van der Waals surface area contributed by atoms with Crippen LogP contribution in [0.25, 0.3) is 0 Å². The van der Waals surface area contributed by atoms with Crippen LogP contribution in [0.3, 0.4) is 0 Å². The number of nitrogens with one attached hydrogen (secondary N) is 1. The maximum Gasteiger partial charge on any atom is 0.0272 e. The summed E-state index contributed by atoms with van der Waals surface area (Å²) in [6.07, 6.45) is 11.1. The Morgan fingerprint density at radius 2 is 2.00 bits per heavy atom. The molecule has 2 heteroatoms. The van der Waals surface area contributed by atoms with Crippen LogP contribution in [0, 0.1) is 23.2 Å². The van der Waals surface area contributed by atoms with E-state index in [9.17, 15) is 0 Å². The molecule has 0 aromatic rings.